The van der Waals surface area contributed by atoms with Crippen molar-refractivity contribution in [2.24, 2.45) is 0 Å². The number of ether oxygens (including phenoxy) is 1. The Labute approximate surface area is 169 Å². The number of imidazole rings is 1. The molecule has 0 aliphatic carbocycles. The topological polar surface area (TPSA) is 69.3 Å². The average molecular weight is 389 g/mol. The van der Waals surface area contributed by atoms with Crippen molar-refractivity contribution in [1.82, 2.24) is 14.9 Å². The first-order chi connectivity index (χ1) is 14.2. The summed E-state index contributed by atoms with van der Waals surface area (Å²) in [5.41, 5.74) is 3.48. The van der Waals surface area contributed by atoms with Crippen LogP contribution in [0.5, 0.6) is 0 Å². The van der Waals surface area contributed by atoms with Crippen LogP contribution >= 0.6 is 0 Å². The third kappa shape index (κ3) is 3.93. The lowest BCUT2D eigenvalue weighted by Crippen LogP contribution is -2.27. The van der Waals surface area contributed by atoms with Crippen molar-refractivity contribution in [1.29, 1.82) is 0 Å². The van der Waals surface area contributed by atoms with E-state index in [1.54, 1.807) is 12.5 Å². The molecule has 0 fully saturated rings. The van der Waals surface area contributed by atoms with Gasteiger partial charge >= 0.3 is 0 Å². The fourth-order valence-corrected chi connectivity index (χ4v) is 3.32. The predicted molar refractivity (Wildman–Crippen MR) is 111 cm³/mol. The quantitative estimate of drug-likeness (QED) is 0.500. The molecule has 0 saturated heterocycles. The van der Waals surface area contributed by atoms with Gasteiger partial charge in [-0.1, -0.05) is 30.3 Å². The molecule has 1 amide bonds. The first-order valence-electron chi connectivity index (χ1n) is 9.64. The molecule has 2 aromatic heterocycles. The molecular formula is C23H23N3O3. The van der Waals surface area contributed by atoms with Crippen LogP contribution in [0.3, 0.4) is 0 Å². The minimum Gasteiger partial charge on any atom is -0.451 e. The van der Waals surface area contributed by atoms with E-state index in [0.717, 1.165) is 22.2 Å². The molecule has 4 aromatic rings. The second-order valence-corrected chi connectivity index (χ2v) is 6.80. The van der Waals surface area contributed by atoms with Gasteiger partial charge in [-0.2, -0.15) is 0 Å². The molecule has 0 spiro atoms. The molecule has 0 aliphatic rings. The monoisotopic (exact) mass is 389 g/mol. The Kier molecular flexibility index (Phi) is 5.44. The number of carbonyl (C=O) groups excluding carboxylic acids is 1. The summed E-state index contributed by atoms with van der Waals surface area (Å²) >= 11 is 0. The maximum absolute atomic E-state index is 13.0. The summed E-state index contributed by atoms with van der Waals surface area (Å²) in [6.07, 6.45) is 5.38. The molecule has 148 valence electrons. The van der Waals surface area contributed by atoms with Crippen LogP contribution in [-0.4, -0.2) is 22.1 Å². The third-order valence-corrected chi connectivity index (χ3v) is 4.90. The highest BCUT2D eigenvalue weighted by Crippen LogP contribution is 2.27. The summed E-state index contributed by atoms with van der Waals surface area (Å²) in [4.78, 5) is 17.0. The summed E-state index contributed by atoms with van der Waals surface area (Å²) in [6, 6.07) is 15.5. The van der Waals surface area contributed by atoms with E-state index in [4.69, 9.17) is 9.15 Å². The van der Waals surface area contributed by atoms with Gasteiger partial charge in [0, 0.05) is 35.6 Å². The molecule has 0 aliphatic heterocycles. The predicted octanol–water partition coefficient (Wildman–Crippen LogP) is 4.65. The molecule has 0 radical (unpaired) electrons. The lowest BCUT2D eigenvalue weighted by Gasteiger charge is -2.15. The van der Waals surface area contributed by atoms with Crippen LogP contribution in [0, 0.1) is 0 Å². The van der Waals surface area contributed by atoms with Gasteiger partial charge < -0.3 is 19.0 Å². The van der Waals surface area contributed by atoms with Crippen molar-refractivity contribution in [3.63, 3.8) is 0 Å². The zero-order chi connectivity index (χ0) is 20.2. The minimum absolute atomic E-state index is 0.174. The molecule has 0 saturated carbocycles. The average Bonchev–Trinajstić information content (AvgIpc) is 3.40. The number of nitrogens with one attached hydrogen (secondary N) is 1. The maximum Gasteiger partial charge on any atom is 0.287 e. The van der Waals surface area contributed by atoms with E-state index < -0.39 is 0 Å². The van der Waals surface area contributed by atoms with Crippen LogP contribution in [0.4, 0.5) is 0 Å². The summed E-state index contributed by atoms with van der Waals surface area (Å²) in [6.45, 7) is 4.79. The molecule has 29 heavy (non-hydrogen) atoms. The first-order valence-corrected chi connectivity index (χ1v) is 9.64. The van der Waals surface area contributed by atoms with E-state index >= 15 is 0 Å². The van der Waals surface area contributed by atoms with Gasteiger partial charge in [0.2, 0.25) is 0 Å². The van der Waals surface area contributed by atoms with Crippen LogP contribution in [0.2, 0.25) is 0 Å². The summed E-state index contributed by atoms with van der Waals surface area (Å²) in [5, 5.41) is 3.94. The van der Waals surface area contributed by atoms with Crippen molar-refractivity contribution >= 4 is 16.9 Å². The second-order valence-electron chi connectivity index (χ2n) is 6.80. The Morgan fingerprint density at radius 1 is 1.21 bits per heavy atom. The minimum atomic E-state index is -0.248. The van der Waals surface area contributed by atoms with Crippen molar-refractivity contribution in [2.45, 2.75) is 26.5 Å². The molecule has 6 heteroatoms. The smallest absolute Gasteiger partial charge is 0.287 e. The number of carbonyl (C=O) groups is 1. The zero-order valence-electron chi connectivity index (χ0n) is 16.5. The molecule has 0 bridgehead atoms. The molecule has 1 N–H and O–H groups in total. The van der Waals surface area contributed by atoms with Crippen LogP contribution in [0.1, 0.15) is 41.6 Å². The van der Waals surface area contributed by atoms with Crippen LogP contribution in [-0.2, 0) is 11.3 Å². The molecule has 2 heterocycles. The Balaban J connectivity index is 1.54. The van der Waals surface area contributed by atoms with Gasteiger partial charge in [0.1, 0.15) is 5.58 Å². The number of rotatable bonds is 7. The van der Waals surface area contributed by atoms with Crippen molar-refractivity contribution in [3.05, 3.63) is 84.1 Å². The van der Waals surface area contributed by atoms with Crippen molar-refractivity contribution in [2.75, 3.05) is 6.61 Å². The summed E-state index contributed by atoms with van der Waals surface area (Å²) in [7, 11) is 0. The number of para-hydroxylation sites is 1. The molecule has 0 unspecified atom stereocenters. The lowest BCUT2D eigenvalue weighted by atomic mass is 10.1. The van der Waals surface area contributed by atoms with Gasteiger partial charge in [-0.3, -0.25) is 4.79 Å². The van der Waals surface area contributed by atoms with Gasteiger partial charge in [0.05, 0.1) is 19.0 Å². The number of furan rings is 1. The highest BCUT2D eigenvalue weighted by Gasteiger charge is 2.22. The highest BCUT2D eigenvalue weighted by molar-refractivity contribution is 5.99. The molecule has 1 atom stereocenters. The highest BCUT2D eigenvalue weighted by atomic mass is 16.5. The largest absolute Gasteiger partial charge is 0.451 e. The van der Waals surface area contributed by atoms with Gasteiger partial charge in [-0.25, -0.2) is 4.98 Å². The molecular weight excluding hydrogens is 366 g/mol. The molecule has 6 nitrogen and oxygen atoms in total. The fourth-order valence-electron chi connectivity index (χ4n) is 3.32. The first kappa shape index (κ1) is 19.0. The normalized spacial score (nSPS) is 12.2. The number of nitrogens with zero attached hydrogens (tertiary/aromatic N) is 2. The number of hydrogen-bond acceptors (Lipinski definition) is 4. The maximum atomic E-state index is 13.0. The molecule has 4 rings (SSSR count). The third-order valence-electron chi connectivity index (χ3n) is 4.90. The van der Waals surface area contributed by atoms with Crippen LogP contribution in [0.25, 0.3) is 16.7 Å². The van der Waals surface area contributed by atoms with E-state index in [-0.39, 0.29) is 11.9 Å². The van der Waals surface area contributed by atoms with Gasteiger partial charge in [0.25, 0.3) is 5.91 Å². The van der Waals surface area contributed by atoms with E-state index in [0.29, 0.717) is 24.6 Å². The van der Waals surface area contributed by atoms with Gasteiger partial charge in [-0.15, -0.1) is 0 Å². The number of hydrogen-bond donors (Lipinski definition) is 1. The number of fused-ring (bicyclic) bond motifs is 1. The van der Waals surface area contributed by atoms with Gasteiger partial charge in [0.15, 0.2) is 5.76 Å². The van der Waals surface area contributed by atoms with Crippen LogP contribution in [0.15, 0.2) is 71.7 Å². The van der Waals surface area contributed by atoms with Crippen molar-refractivity contribution in [3.8, 4) is 5.69 Å². The van der Waals surface area contributed by atoms with Gasteiger partial charge in [-0.05, 0) is 37.6 Å². The SMILES string of the molecule is CCOCc1c(C(=O)N[C@@H](C)c2ccc(-n3ccnc3)cc2)oc2ccccc12. The Bertz CT molecular complexity index is 1100. The fraction of sp³-hybridized carbons (Fsp3) is 0.217. The van der Waals surface area contributed by atoms with Crippen LogP contribution < -0.4 is 5.32 Å². The Hall–Kier alpha value is -3.38. The molecule has 2 aromatic carbocycles. The van der Waals surface area contributed by atoms with E-state index in [2.05, 4.69) is 10.3 Å². The second kappa shape index (κ2) is 8.32. The van der Waals surface area contributed by atoms with E-state index in [1.807, 2.05) is 73.1 Å². The van der Waals surface area contributed by atoms with E-state index in [9.17, 15) is 4.79 Å². The Morgan fingerprint density at radius 3 is 2.72 bits per heavy atom. The Morgan fingerprint density at radius 2 is 2.00 bits per heavy atom. The number of aromatic nitrogens is 2. The lowest BCUT2D eigenvalue weighted by molar-refractivity contribution is 0.0901. The summed E-state index contributed by atoms with van der Waals surface area (Å²) < 4.78 is 13.4. The summed E-state index contributed by atoms with van der Waals surface area (Å²) in [5.74, 6) is 0.0589. The van der Waals surface area contributed by atoms with E-state index in [1.165, 1.54) is 0 Å². The standard InChI is InChI=1S/C23H23N3O3/c1-3-28-14-20-19-6-4-5-7-21(19)29-22(20)23(27)25-16(2)17-8-10-18(11-9-17)26-13-12-24-15-26/h4-13,15-16H,3,14H2,1-2H3,(H,25,27)/t16-/m0/s1. The number of amides is 1. The number of benzene rings is 2. The zero-order valence-corrected chi connectivity index (χ0v) is 16.5. The van der Waals surface area contributed by atoms with Crippen molar-refractivity contribution < 1.29 is 13.9 Å².